The van der Waals surface area contributed by atoms with Gasteiger partial charge in [-0.1, -0.05) is 13.8 Å². The van der Waals surface area contributed by atoms with Crippen LogP contribution >= 0.6 is 0 Å². The maximum Gasteiger partial charge on any atom is 0.108 e. The Morgan fingerprint density at radius 1 is 1.50 bits per heavy atom. The lowest BCUT2D eigenvalue weighted by Crippen LogP contribution is -2.17. The first kappa shape index (κ1) is 9.33. The monoisotopic (exact) mass is 167 g/mol. The molecular weight excluding hydrogens is 150 g/mol. The zero-order chi connectivity index (χ0) is 9.14. The number of nitrogens with two attached hydrogens (primary N) is 1. The quantitative estimate of drug-likeness (QED) is 0.750. The highest BCUT2D eigenvalue weighted by molar-refractivity contribution is 5.15. The Morgan fingerprint density at radius 2 is 2.17 bits per heavy atom. The third-order valence-corrected chi connectivity index (χ3v) is 2.17. The third kappa shape index (κ3) is 1.89. The smallest absolute Gasteiger partial charge is 0.108 e. The molecular formula is C10H17NO. The molecule has 68 valence electrons. The molecule has 0 aliphatic rings. The molecule has 0 amide bonds. The van der Waals surface area contributed by atoms with Crippen LogP contribution in [-0.2, 0) is 0 Å². The second kappa shape index (κ2) is 3.76. The van der Waals surface area contributed by atoms with E-state index in [1.54, 1.807) is 6.26 Å². The molecule has 12 heavy (non-hydrogen) atoms. The van der Waals surface area contributed by atoms with E-state index >= 15 is 0 Å². The summed E-state index contributed by atoms with van der Waals surface area (Å²) in [7, 11) is 0. The van der Waals surface area contributed by atoms with Crippen molar-refractivity contribution in [2.24, 2.45) is 11.7 Å². The van der Waals surface area contributed by atoms with Crippen LogP contribution in [0.15, 0.2) is 16.7 Å². The fourth-order valence-electron chi connectivity index (χ4n) is 1.36. The minimum atomic E-state index is 0.360. The summed E-state index contributed by atoms with van der Waals surface area (Å²) < 4.78 is 5.40. The third-order valence-electron chi connectivity index (χ3n) is 2.17. The normalized spacial score (nSPS) is 13.8. The average molecular weight is 167 g/mol. The number of hydrogen-bond donors (Lipinski definition) is 1. The van der Waals surface area contributed by atoms with E-state index < -0.39 is 0 Å². The van der Waals surface area contributed by atoms with Gasteiger partial charge in [-0.05, 0) is 24.5 Å². The topological polar surface area (TPSA) is 39.2 Å². The molecule has 0 spiro atoms. The average Bonchev–Trinajstić information content (AvgIpc) is 2.37. The van der Waals surface area contributed by atoms with Gasteiger partial charge in [0.15, 0.2) is 0 Å². The lowest BCUT2D eigenvalue weighted by molar-refractivity contribution is 0.400. The first-order valence-corrected chi connectivity index (χ1v) is 4.40. The van der Waals surface area contributed by atoms with Crippen LogP contribution in [0.25, 0.3) is 0 Å². The molecule has 1 heterocycles. The van der Waals surface area contributed by atoms with E-state index in [1.165, 1.54) is 5.56 Å². The summed E-state index contributed by atoms with van der Waals surface area (Å²) in [5.74, 6) is 1.92. The summed E-state index contributed by atoms with van der Waals surface area (Å²) in [5, 5.41) is 0. The fourth-order valence-corrected chi connectivity index (χ4v) is 1.36. The molecule has 1 aromatic rings. The van der Waals surface area contributed by atoms with Gasteiger partial charge in [-0.15, -0.1) is 0 Å². The van der Waals surface area contributed by atoms with Crippen molar-refractivity contribution in [2.75, 3.05) is 6.54 Å². The molecule has 0 bridgehead atoms. The van der Waals surface area contributed by atoms with Crippen molar-refractivity contribution in [2.45, 2.75) is 26.7 Å². The van der Waals surface area contributed by atoms with Crippen LogP contribution in [-0.4, -0.2) is 6.54 Å². The second-order valence-electron chi connectivity index (χ2n) is 3.61. The first-order chi connectivity index (χ1) is 5.65. The first-order valence-electron chi connectivity index (χ1n) is 4.40. The molecule has 0 fully saturated rings. The van der Waals surface area contributed by atoms with Crippen LogP contribution < -0.4 is 5.73 Å². The van der Waals surface area contributed by atoms with Crippen LogP contribution in [0.3, 0.4) is 0 Å². The molecule has 0 radical (unpaired) electrons. The lowest BCUT2D eigenvalue weighted by atomic mass is 9.93. The molecule has 0 aliphatic heterocycles. The van der Waals surface area contributed by atoms with E-state index in [4.69, 9.17) is 10.2 Å². The van der Waals surface area contributed by atoms with Gasteiger partial charge in [-0.3, -0.25) is 0 Å². The summed E-state index contributed by atoms with van der Waals surface area (Å²) >= 11 is 0. The van der Waals surface area contributed by atoms with Crippen LogP contribution in [0.4, 0.5) is 0 Å². The molecule has 1 rings (SSSR count). The van der Waals surface area contributed by atoms with Crippen molar-refractivity contribution in [3.8, 4) is 0 Å². The van der Waals surface area contributed by atoms with Gasteiger partial charge in [0.05, 0.1) is 6.26 Å². The minimum Gasteiger partial charge on any atom is -0.469 e. The number of furan rings is 1. The SMILES string of the molecule is Cc1coc(C(CN)C(C)C)c1. The molecule has 0 saturated heterocycles. The van der Waals surface area contributed by atoms with Gasteiger partial charge in [-0.2, -0.15) is 0 Å². The highest BCUT2D eigenvalue weighted by atomic mass is 16.3. The van der Waals surface area contributed by atoms with E-state index in [2.05, 4.69) is 19.9 Å². The molecule has 2 nitrogen and oxygen atoms in total. The molecule has 2 heteroatoms. The molecule has 1 unspecified atom stereocenters. The molecule has 2 N–H and O–H groups in total. The number of hydrogen-bond acceptors (Lipinski definition) is 2. The van der Waals surface area contributed by atoms with Gasteiger partial charge in [0.1, 0.15) is 5.76 Å². The van der Waals surface area contributed by atoms with Crippen LogP contribution in [0, 0.1) is 12.8 Å². The minimum absolute atomic E-state index is 0.360. The maximum atomic E-state index is 5.65. The van der Waals surface area contributed by atoms with Gasteiger partial charge in [0.25, 0.3) is 0 Å². The van der Waals surface area contributed by atoms with Crippen molar-refractivity contribution in [1.29, 1.82) is 0 Å². The van der Waals surface area contributed by atoms with Crippen LogP contribution in [0.2, 0.25) is 0 Å². The van der Waals surface area contributed by atoms with E-state index in [0.29, 0.717) is 18.4 Å². The molecule has 0 aromatic carbocycles. The van der Waals surface area contributed by atoms with Gasteiger partial charge < -0.3 is 10.2 Å². The Balaban J connectivity index is 2.80. The molecule has 0 aliphatic carbocycles. The fraction of sp³-hybridized carbons (Fsp3) is 0.600. The zero-order valence-electron chi connectivity index (χ0n) is 8.00. The van der Waals surface area contributed by atoms with Gasteiger partial charge >= 0.3 is 0 Å². The Morgan fingerprint density at radius 3 is 2.50 bits per heavy atom. The van der Waals surface area contributed by atoms with Gasteiger partial charge in [-0.25, -0.2) is 0 Å². The molecule has 0 saturated carbocycles. The zero-order valence-corrected chi connectivity index (χ0v) is 8.00. The molecule has 1 aromatic heterocycles. The van der Waals surface area contributed by atoms with Gasteiger partial charge in [0, 0.05) is 12.5 Å². The van der Waals surface area contributed by atoms with Crippen molar-refractivity contribution in [1.82, 2.24) is 0 Å². The van der Waals surface area contributed by atoms with Crippen molar-refractivity contribution in [3.05, 3.63) is 23.7 Å². The van der Waals surface area contributed by atoms with Crippen LogP contribution in [0.1, 0.15) is 31.1 Å². The Hall–Kier alpha value is -0.760. The van der Waals surface area contributed by atoms with Crippen LogP contribution in [0.5, 0.6) is 0 Å². The predicted octanol–water partition coefficient (Wildman–Crippen LogP) is 2.29. The van der Waals surface area contributed by atoms with E-state index in [-0.39, 0.29) is 0 Å². The van der Waals surface area contributed by atoms with Crippen molar-refractivity contribution < 1.29 is 4.42 Å². The van der Waals surface area contributed by atoms with E-state index in [1.807, 2.05) is 6.92 Å². The van der Waals surface area contributed by atoms with Crippen molar-refractivity contribution >= 4 is 0 Å². The molecule has 1 atom stereocenters. The largest absolute Gasteiger partial charge is 0.469 e. The summed E-state index contributed by atoms with van der Waals surface area (Å²) in [6, 6.07) is 2.07. The van der Waals surface area contributed by atoms with Crippen molar-refractivity contribution in [3.63, 3.8) is 0 Å². The summed E-state index contributed by atoms with van der Waals surface area (Å²) in [4.78, 5) is 0. The Bertz CT molecular complexity index is 240. The summed E-state index contributed by atoms with van der Waals surface area (Å²) in [6.45, 7) is 7.01. The second-order valence-corrected chi connectivity index (χ2v) is 3.61. The van der Waals surface area contributed by atoms with Gasteiger partial charge in [0.2, 0.25) is 0 Å². The highest BCUT2D eigenvalue weighted by Crippen LogP contribution is 2.24. The number of rotatable bonds is 3. The summed E-state index contributed by atoms with van der Waals surface area (Å²) in [6.07, 6.45) is 1.78. The maximum absolute atomic E-state index is 5.65. The Kier molecular flexibility index (Phi) is 2.93. The van der Waals surface area contributed by atoms with E-state index in [9.17, 15) is 0 Å². The van der Waals surface area contributed by atoms with E-state index in [0.717, 1.165) is 5.76 Å². The standard InChI is InChI=1S/C10H17NO/c1-7(2)9(5-11)10-4-8(3)6-12-10/h4,6-7,9H,5,11H2,1-3H3. The number of aryl methyl sites for hydroxylation is 1. The predicted molar refractivity (Wildman–Crippen MR) is 50.1 cm³/mol. The summed E-state index contributed by atoms with van der Waals surface area (Å²) in [5.41, 5.74) is 6.83. The Labute approximate surface area is 73.8 Å². The lowest BCUT2D eigenvalue weighted by Gasteiger charge is -2.15. The highest BCUT2D eigenvalue weighted by Gasteiger charge is 2.16.